The predicted molar refractivity (Wildman–Crippen MR) is 46.0 cm³/mol. The van der Waals surface area contributed by atoms with Gasteiger partial charge in [0.05, 0.1) is 0 Å². The van der Waals surface area contributed by atoms with Crippen LogP contribution in [0.2, 0.25) is 5.02 Å². The molecule has 0 amide bonds. The third-order valence-electron chi connectivity index (χ3n) is 1.52. The van der Waals surface area contributed by atoms with E-state index in [1.807, 2.05) is 0 Å². The summed E-state index contributed by atoms with van der Waals surface area (Å²) in [5.41, 5.74) is 0.498. The van der Waals surface area contributed by atoms with Crippen LogP contribution >= 0.6 is 11.6 Å². The summed E-state index contributed by atoms with van der Waals surface area (Å²) in [6.07, 6.45) is -2.52. The molecule has 0 spiro atoms. The fraction of sp³-hybridized carbons (Fsp3) is 0.250. The van der Waals surface area contributed by atoms with Crippen LogP contribution in [-0.4, -0.2) is 7.05 Å². The van der Waals surface area contributed by atoms with E-state index in [1.165, 1.54) is 12.1 Å². The highest BCUT2D eigenvalue weighted by molar-refractivity contribution is 6.31. The molecular weight excluding hydrogens is 184 g/mol. The minimum atomic E-state index is -2.52. The van der Waals surface area contributed by atoms with Gasteiger partial charge in [0.2, 0.25) is 0 Å². The smallest absolute Gasteiger partial charge is 0.265 e. The lowest BCUT2D eigenvalue weighted by molar-refractivity contribution is 0.151. The van der Waals surface area contributed by atoms with Crippen LogP contribution in [0.4, 0.5) is 14.5 Å². The second-order valence-corrected chi connectivity index (χ2v) is 2.69. The van der Waals surface area contributed by atoms with Gasteiger partial charge in [-0.25, -0.2) is 8.78 Å². The van der Waals surface area contributed by atoms with Crippen LogP contribution in [0, 0.1) is 0 Å². The van der Waals surface area contributed by atoms with Crippen LogP contribution in [0.15, 0.2) is 18.2 Å². The molecule has 0 aliphatic carbocycles. The zero-order valence-electron chi connectivity index (χ0n) is 6.44. The van der Waals surface area contributed by atoms with E-state index in [-0.39, 0.29) is 10.6 Å². The van der Waals surface area contributed by atoms with Gasteiger partial charge in [0, 0.05) is 23.3 Å². The number of hydrogen-bond donors (Lipinski definition) is 1. The van der Waals surface area contributed by atoms with E-state index < -0.39 is 6.43 Å². The van der Waals surface area contributed by atoms with Gasteiger partial charge in [0.25, 0.3) is 6.43 Å². The summed E-state index contributed by atoms with van der Waals surface area (Å²) >= 11 is 5.54. The number of hydrogen-bond acceptors (Lipinski definition) is 1. The average Bonchev–Trinajstić information content (AvgIpc) is 2.05. The Bertz CT molecular complexity index is 276. The third kappa shape index (κ3) is 1.85. The molecule has 1 nitrogen and oxygen atoms in total. The van der Waals surface area contributed by atoms with Crippen LogP contribution in [0.1, 0.15) is 12.0 Å². The lowest BCUT2D eigenvalue weighted by Crippen LogP contribution is -1.91. The Kier molecular flexibility index (Phi) is 2.87. The van der Waals surface area contributed by atoms with Crippen molar-refractivity contribution in [1.82, 2.24) is 0 Å². The normalized spacial score (nSPS) is 10.4. The molecule has 0 saturated heterocycles. The van der Waals surface area contributed by atoms with Crippen molar-refractivity contribution in [3.05, 3.63) is 28.8 Å². The molecule has 1 rings (SSSR count). The molecule has 0 heterocycles. The molecule has 0 saturated carbocycles. The van der Waals surface area contributed by atoms with Crippen LogP contribution in [0.5, 0.6) is 0 Å². The Morgan fingerprint density at radius 1 is 1.42 bits per heavy atom. The summed E-state index contributed by atoms with van der Waals surface area (Å²) in [4.78, 5) is 0. The van der Waals surface area contributed by atoms with Crippen LogP contribution < -0.4 is 5.32 Å². The highest BCUT2D eigenvalue weighted by Gasteiger charge is 2.11. The molecule has 12 heavy (non-hydrogen) atoms. The summed E-state index contributed by atoms with van der Waals surface area (Å²) in [6, 6.07) is 4.44. The first-order chi connectivity index (χ1) is 5.65. The molecule has 66 valence electrons. The SMILES string of the molecule is CNc1ccc(Cl)c(C(F)F)c1. The second-order valence-electron chi connectivity index (χ2n) is 2.29. The quantitative estimate of drug-likeness (QED) is 0.756. The van der Waals surface area contributed by atoms with E-state index in [0.717, 1.165) is 0 Å². The van der Waals surface area contributed by atoms with Gasteiger partial charge >= 0.3 is 0 Å². The summed E-state index contributed by atoms with van der Waals surface area (Å²) in [5, 5.41) is 2.86. The first-order valence-corrected chi connectivity index (χ1v) is 3.78. The summed E-state index contributed by atoms with van der Waals surface area (Å²) in [5.74, 6) is 0. The van der Waals surface area contributed by atoms with Crippen LogP contribution in [0.3, 0.4) is 0 Å². The molecule has 1 N–H and O–H groups in total. The van der Waals surface area contributed by atoms with Crippen molar-refractivity contribution in [2.75, 3.05) is 12.4 Å². The molecule has 0 radical (unpaired) electrons. The first-order valence-electron chi connectivity index (χ1n) is 3.40. The first kappa shape index (κ1) is 9.26. The van der Waals surface area contributed by atoms with Crippen molar-refractivity contribution >= 4 is 17.3 Å². The van der Waals surface area contributed by atoms with Crippen LogP contribution in [0.25, 0.3) is 0 Å². The molecule has 4 heteroatoms. The van der Waals surface area contributed by atoms with Crippen molar-refractivity contribution in [1.29, 1.82) is 0 Å². The molecule has 1 aromatic rings. The molecule has 1 aromatic carbocycles. The molecule has 0 aromatic heterocycles. The maximum absolute atomic E-state index is 12.2. The molecule has 0 fully saturated rings. The van der Waals surface area contributed by atoms with Gasteiger partial charge in [-0.2, -0.15) is 0 Å². The topological polar surface area (TPSA) is 12.0 Å². The van der Waals surface area contributed by atoms with Crippen molar-refractivity contribution in [3.8, 4) is 0 Å². The zero-order valence-corrected chi connectivity index (χ0v) is 7.20. The average molecular weight is 192 g/mol. The lowest BCUT2D eigenvalue weighted by Gasteiger charge is -2.05. The second kappa shape index (κ2) is 3.72. The molecular formula is C8H8ClF2N. The van der Waals surface area contributed by atoms with E-state index >= 15 is 0 Å². The molecule has 0 aliphatic rings. The Morgan fingerprint density at radius 3 is 2.58 bits per heavy atom. The Labute approximate surface area is 74.3 Å². The molecule has 0 aliphatic heterocycles. The van der Waals surface area contributed by atoms with Gasteiger partial charge in [0.1, 0.15) is 0 Å². The highest BCUT2D eigenvalue weighted by Crippen LogP contribution is 2.29. The minimum Gasteiger partial charge on any atom is -0.388 e. The van der Waals surface area contributed by atoms with Crippen molar-refractivity contribution in [2.24, 2.45) is 0 Å². The maximum atomic E-state index is 12.2. The number of anilines is 1. The van der Waals surface area contributed by atoms with E-state index in [2.05, 4.69) is 5.32 Å². The van der Waals surface area contributed by atoms with E-state index in [9.17, 15) is 8.78 Å². The Hall–Kier alpha value is -0.830. The van der Waals surface area contributed by atoms with Gasteiger partial charge < -0.3 is 5.32 Å². The van der Waals surface area contributed by atoms with Gasteiger partial charge in [-0.1, -0.05) is 11.6 Å². The Morgan fingerprint density at radius 2 is 2.08 bits per heavy atom. The lowest BCUT2D eigenvalue weighted by atomic mass is 10.2. The number of benzene rings is 1. The van der Waals surface area contributed by atoms with E-state index in [1.54, 1.807) is 13.1 Å². The van der Waals surface area contributed by atoms with Crippen molar-refractivity contribution < 1.29 is 8.78 Å². The van der Waals surface area contributed by atoms with Crippen LogP contribution in [-0.2, 0) is 0 Å². The van der Waals surface area contributed by atoms with E-state index in [0.29, 0.717) is 5.69 Å². The monoisotopic (exact) mass is 191 g/mol. The van der Waals surface area contributed by atoms with Gasteiger partial charge in [0.15, 0.2) is 0 Å². The summed E-state index contributed by atoms with van der Waals surface area (Å²) in [7, 11) is 1.67. The predicted octanol–water partition coefficient (Wildman–Crippen LogP) is 3.32. The maximum Gasteiger partial charge on any atom is 0.265 e. The van der Waals surface area contributed by atoms with Gasteiger partial charge in [-0.05, 0) is 18.2 Å². The number of nitrogens with one attached hydrogen (secondary N) is 1. The highest BCUT2D eigenvalue weighted by atomic mass is 35.5. The third-order valence-corrected chi connectivity index (χ3v) is 1.86. The number of alkyl halides is 2. The fourth-order valence-corrected chi connectivity index (χ4v) is 1.07. The zero-order chi connectivity index (χ0) is 9.14. The summed E-state index contributed by atoms with van der Waals surface area (Å²) in [6.45, 7) is 0. The molecule has 0 unspecified atom stereocenters. The number of rotatable bonds is 2. The van der Waals surface area contributed by atoms with Gasteiger partial charge in [-0.15, -0.1) is 0 Å². The summed E-state index contributed by atoms with van der Waals surface area (Å²) < 4.78 is 24.5. The Balaban J connectivity index is 3.08. The molecule has 0 atom stereocenters. The standard InChI is InChI=1S/C8H8ClF2N/c1-12-5-2-3-7(9)6(4-5)8(10)11/h2-4,8,12H,1H3. The van der Waals surface area contributed by atoms with Crippen molar-refractivity contribution in [2.45, 2.75) is 6.43 Å². The molecule has 0 bridgehead atoms. The van der Waals surface area contributed by atoms with Crippen molar-refractivity contribution in [3.63, 3.8) is 0 Å². The van der Waals surface area contributed by atoms with E-state index in [4.69, 9.17) is 11.6 Å². The number of halogens is 3. The van der Waals surface area contributed by atoms with Gasteiger partial charge in [-0.3, -0.25) is 0 Å². The minimum absolute atomic E-state index is 0.101. The fourth-order valence-electron chi connectivity index (χ4n) is 0.866. The largest absolute Gasteiger partial charge is 0.388 e.